The van der Waals surface area contributed by atoms with Crippen LogP contribution < -0.4 is 15.4 Å². The molecule has 3 N–H and O–H groups in total. The maximum absolute atomic E-state index is 12.7. The van der Waals surface area contributed by atoms with Gasteiger partial charge in [-0.15, -0.1) is 0 Å². The van der Waals surface area contributed by atoms with Gasteiger partial charge in [0.15, 0.2) is 11.4 Å². The molecule has 3 aromatic rings. The Labute approximate surface area is 201 Å². The predicted octanol–water partition coefficient (Wildman–Crippen LogP) is 3.31. The topological polar surface area (TPSA) is 114 Å². The van der Waals surface area contributed by atoms with E-state index in [0.29, 0.717) is 16.3 Å². The van der Waals surface area contributed by atoms with Gasteiger partial charge in [0.1, 0.15) is 5.76 Å². The highest BCUT2D eigenvalue weighted by atomic mass is 35.5. The van der Waals surface area contributed by atoms with Gasteiger partial charge in [-0.3, -0.25) is 9.59 Å². The molecule has 178 valence electrons. The molecule has 1 fully saturated rings. The lowest BCUT2D eigenvalue weighted by Crippen LogP contribution is -2.99. The van der Waals surface area contributed by atoms with Crippen molar-refractivity contribution in [3.05, 3.63) is 70.6 Å². The quantitative estimate of drug-likeness (QED) is 0.462. The summed E-state index contributed by atoms with van der Waals surface area (Å²) in [6, 6.07) is 15.1. The van der Waals surface area contributed by atoms with Crippen LogP contribution in [-0.4, -0.2) is 48.1 Å². The first-order valence-corrected chi connectivity index (χ1v) is 11.1. The Morgan fingerprint density at radius 2 is 1.94 bits per heavy atom. The third-order valence-electron chi connectivity index (χ3n) is 6.01. The molecule has 1 aromatic heterocycles. The largest absolute Gasteiger partial charge is 0.595 e. The normalized spacial score (nSPS) is 16.4. The van der Waals surface area contributed by atoms with Crippen molar-refractivity contribution in [3.63, 3.8) is 0 Å². The lowest BCUT2D eigenvalue weighted by molar-refractivity contribution is -0.991. The highest BCUT2D eigenvalue weighted by Crippen LogP contribution is 2.30. The molecule has 2 atom stereocenters. The first kappa shape index (κ1) is 23.8. The van der Waals surface area contributed by atoms with Gasteiger partial charge in [0.25, 0.3) is 5.91 Å². The van der Waals surface area contributed by atoms with Crippen LogP contribution >= 0.6 is 11.6 Å². The van der Waals surface area contributed by atoms with E-state index >= 15 is 0 Å². The van der Waals surface area contributed by atoms with Crippen molar-refractivity contribution in [2.24, 2.45) is 0 Å². The molecule has 0 spiro atoms. The van der Waals surface area contributed by atoms with Crippen LogP contribution in [0.2, 0.25) is 5.02 Å². The minimum Gasteiger partial charge on any atom is -0.595 e. The van der Waals surface area contributed by atoms with Crippen molar-refractivity contribution in [2.45, 2.75) is 19.4 Å². The van der Waals surface area contributed by atoms with Gasteiger partial charge in [-0.1, -0.05) is 11.6 Å². The van der Waals surface area contributed by atoms with Gasteiger partial charge >= 0.3 is 0 Å². The summed E-state index contributed by atoms with van der Waals surface area (Å²) in [5.74, 6) is -0.0795. The van der Waals surface area contributed by atoms with E-state index in [1.807, 2.05) is 19.2 Å². The van der Waals surface area contributed by atoms with Crippen molar-refractivity contribution in [3.8, 4) is 11.3 Å². The van der Waals surface area contributed by atoms with Gasteiger partial charge < -0.3 is 24.7 Å². The van der Waals surface area contributed by atoms with Crippen molar-refractivity contribution in [1.82, 2.24) is 4.90 Å². The van der Waals surface area contributed by atoms with Gasteiger partial charge in [-0.05, 0) is 55.0 Å². The third-order valence-corrected chi connectivity index (χ3v) is 6.24. The van der Waals surface area contributed by atoms with Crippen LogP contribution in [0.4, 0.5) is 17.1 Å². The molecule has 4 rings (SSSR count). The summed E-state index contributed by atoms with van der Waals surface area (Å²) >= 11 is 5.90. The number of amides is 2. The molecule has 1 saturated heterocycles. The number of carbonyl (C=O) groups is 2. The number of nitrogens with one attached hydrogen (secondary N) is 2. The zero-order chi connectivity index (χ0) is 24.4. The molecule has 9 nitrogen and oxygen atoms in total. The monoisotopic (exact) mass is 484 g/mol. The average molecular weight is 485 g/mol. The first-order chi connectivity index (χ1) is 16.2. The molecule has 1 aliphatic rings. The van der Waals surface area contributed by atoms with Crippen molar-refractivity contribution in [1.29, 1.82) is 0 Å². The Kier molecular flexibility index (Phi) is 6.90. The van der Waals surface area contributed by atoms with Crippen LogP contribution in [0.5, 0.6) is 0 Å². The minimum atomic E-state index is -1.14. The smallest absolute Gasteiger partial charge is 0.291 e. The second-order valence-electron chi connectivity index (χ2n) is 8.18. The summed E-state index contributed by atoms with van der Waals surface area (Å²) in [4.78, 5) is 28.3. The van der Waals surface area contributed by atoms with E-state index < -0.39 is 11.1 Å². The standard InChI is InChI=1S/C24H25ClN4O5/c1-15(30)27(2)19-11-12-28(14-19)18-6-4-17(5-7-18)26-24(31)23-10-9-22(34-23)20-8-3-16(25)13-21(20)29(32)33/h3-10,13,19,29,32H,11-12,14H2,1-2H3,(H,26,31). The molecule has 10 heteroatoms. The average Bonchev–Trinajstić information content (AvgIpc) is 3.49. The number of carbonyl (C=O) groups excluding carboxylic acids is 2. The molecule has 0 bridgehead atoms. The Morgan fingerprint density at radius 1 is 1.21 bits per heavy atom. The number of likely N-dealkylation sites (N-methyl/N-ethyl adjacent to an activating group) is 1. The van der Waals surface area contributed by atoms with Crippen molar-refractivity contribution < 1.29 is 24.4 Å². The van der Waals surface area contributed by atoms with Gasteiger partial charge in [-0.2, -0.15) is 5.23 Å². The van der Waals surface area contributed by atoms with Gasteiger partial charge in [-0.25, -0.2) is 5.21 Å². The molecule has 2 heterocycles. The Bertz CT molecular complexity index is 1190. The van der Waals surface area contributed by atoms with Crippen molar-refractivity contribution >= 4 is 40.5 Å². The van der Waals surface area contributed by atoms with Crippen LogP contribution in [0.25, 0.3) is 11.3 Å². The number of hydrogen-bond acceptors (Lipinski definition) is 6. The summed E-state index contributed by atoms with van der Waals surface area (Å²) < 4.78 is 5.63. The molecule has 34 heavy (non-hydrogen) atoms. The van der Waals surface area contributed by atoms with Crippen LogP contribution in [0.15, 0.2) is 59.0 Å². The van der Waals surface area contributed by atoms with Crippen LogP contribution in [0.1, 0.15) is 23.9 Å². The molecule has 1 aliphatic heterocycles. The number of benzene rings is 2. The van der Waals surface area contributed by atoms with Gasteiger partial charge in [0, 0.05) is 49.5 Å². The highest BCUT2D eigenvalue weighted by Gasteiger charge is 2.27. The predicted molar refractivity (Wildman–Crippen MR) is 128 cm³/mol. The number of furan rings is 1. The SMILES string of the molecule is CC(=O)N(C)C1CCN(c2ccc(NC(=O)c3ccc(-c4ccc(Cl)cc4[NH+]([O-])O)o3)cc2)C1. The maximum atomic E-state index is 12.7. The zero-order valence-corrected chi connectivity index (χ0v) is 19.5. The van der Waals surface area contributed by atoms with E-state index in [9.17, 15) is 20.0 Å². The number of anilines is 2. The van der Waals surface area contributed by atoms with E-state index in [1.54, 1.807) is 42.2 Å². The second kappa shape index (κ2) is 9.86. The Hall–Kier alpha value is -3.37. The molecule has 0 saturated carbocycles. The van der Waals surface area contributed by atoms with E-state index in [-0.39, 0.29) is 29.2 Å². The molecular formula is C24H25ClN4O5. The van der Waals surface area contributed by atoms with E-state index in [4.69, 9.17) is 16.0 Å². The highest BCUT2D eigenvalue weighted by molar-refractivity contribution is 6.30. The van der Waals surface area contributed by atoms with Crippen LogP contribution in [0, 0.1) is 5.21 Å². The fourth-order valence-electron chi connectivity index (χ4n) is 4.01. The summed E-state index contributed by atoms with van der Waals surface area (Å²) in [5, 5.41) is 22.9. The summed E-state index contributed by atoms with van der Waals surface area (Å²) in [6.07, 6.45) is 0.909. The van der Waals surface area contributed by atoms with Crippen molar-refractivity contribution in [2.75, 3.05) is 30.4 Å². The number of halogens is 1. The van der Waals surface area contributed by atoms with Crippen LogP contribution in [-0.2, 0) is 4.79 Å². The molecular weight excluding hydrogens is 460 g/mol. The number of nitrogens with zero attached hydrogens (tertiary/aromatic N) is 2. The first-order valence-electron chi connectivity index (χ1n) is 10.8. The lowest BCUT2D eigenvalue weighted by Gasteiger charge is -2.24. The fourth-order valence-corrected chi connectivity index (χ4v) is 4.18. The van der Waals surface area contributed by atoms with E-state index in [2.05, 4.69) is 10.2 Å². The maximum Gasteiger partial charge on any atom is 0.291 e. The zero-order valence-electron chi connectivity index (χ0n) is 18.7. The fraction of sp³-hybridized carbons (Fsp3) is 0.250. The second-order valence-corrected chi connectivity index (χ2v) is 8.61. The number of rotatable bonds is 6. The molecule has 2 amide bonds. The van der Waals surface area contributed by atoms with E-state index in [0.717, 1.165) is 25.2 Å². The van der Waals surface area contributed by atoms with Gasteiger partial charge in [0.2, 0.25) is 5.91 Å². The lowest BCUT2D eigenvalue weighted by atomic mass is 10.1. The van der Waals surface area contributed by atoms with Crippen LogP contribution in [0.3, 0.4) is 0 Å². The molecule has 0 radical (unpaired) electrons. The molecule has 2 unspecified atom stereocenters. The summed E-state index contributed by atoms with van der Waals surface area (Å²) in [5.41, 5.74) is 1.94. The summed E-state index contributed by atoms with van der Waals surface area (Å²) in [6.45, 7) is 3.19. The number of quaternary nitrogens is 1. The van der Waals surface area contributed by atoms with Gasteiger partial charge in [0.05, 0.1) is 11.6 Å². The Balaban J connectivity index is 1.42. The van der Waals surface area contributed by atoms with E-state index in [1.165, 1.54) is 12.1 Å². The minimum absolute atomic E-state index is 0.0111. The third kappa shape index (κ3) is 5.07. The molecule has 0 aliphatic carbocycles. The molecule has 2 aromatic carbocycles. The summed E-state index contributed by atoms with van der Waals surface area (Å²) in [7, 11) is 1.82. The number of hydrogen-bond donors (Lipinski definition) is 3. The Morgan fingerprint density at radius 3 is 2.62 bits per heavy atom.